The molecule has 7 heteroatoms. The van der Waals surface area contributed by atoms with Crippen LogP contribution in [0.2, 0.25) is 0 Å². The number of esters is 1. The van der Waals surface area contributed by atoms with Gasteiger partial charge in [0.25, 0.3) is 11.8 Å². The Hall–Kier alpha value is -2.44. The van der Waals surface area contributed by atoms with Crippen molar-refractivity contribution in [3.05, 3.63) is 24.3 Å². The normalized spacial score (nSPS) is 27.1. The van der Waals surface area contributed by atoms with Crippen molar-refractivity contribution in [1.29, 1.82) is 0 Å². The van der Waals surface area contributed by atoms with Gasteiger partial charge < -0.3 is 10.1 Å². The zero-order valence-corrected chi connectivity index (χ0v) is 16.4. The summed E-state index contributed by atoms with van der Waals surface area (Å²) in [5, 5.41) is 2.70. The van der Waals surface area contributed by atoms with Gasteiger partial charge in [-0.2, -0.15) is 0 Å². The summed E-state index contributed by atoms with van der Waals surface area (Å²) >= 11 is 0. The van der Waals surface area contributed by atoms with E-state index in [9.17, 15) is 19.2 Å². The molecule has 1 aliphatic carbocycles. The SMILES string of the molecule is CC(C)(C)C(=O)O[C@H]1/C=C/CC[C@@](C)(C(=O)NCN2C(=O)C=CC2=O)CC1. The Morgan fingerprint density at radius 1 is 1.22 bits per heavy atom. The summed E-state index contributed by atoms with van der Waals surface area (Å²) in [5.74, 6) is -1.35. The minimum Gasteiger partial charge on any atom is -0.458 e. The van der Waals surface area contributed by atoms with Gasteiger partial charge in [0.15, 0.2) is 0 Å². The predicted molar refractivity (Wildman–Crippen MR) is 99.1 cm³/mol. The number of carbonyl (C=O) groups excluding carboxylic acids is 4. The first-order valence-corrected chi connectivity index (χ1v) is 9.22. The minimum atomic E-state index is -0.670. The van der Waals surface area contributed by atoms with Crippen molar-refractivity contribution in [2.45, 2.75) is 59.5 Å². The third kappa shape index (κ3) is 5.28. The van der Waals surface area contributed by atoms with E-state index in [4.69, 9.17) is 4.74 Å². The molecule has 1 aliphatic heterocycles. The smallest absolute Gasteiger partial charge is 0.311 e. The van der Waals surface area contributed by atoms with E-state index in [2.05, 4.69) is 5.32 Å². The van der Waals surface area contributed by atoms with Gasteiger partial charge in [-0.3, -0.25) is 24.1 Å². The maximum atomic E-state index is 12.7. The molecule has 0 aromatic heterocycles. The largest absolute Gasteiger partial charge is 0.458 e. The first-order valence-electron chi connectivity index (χ1n) is 9.22. The molecule has 0 unspecified atom stereocenters. The number of hydrogen-bond acceptors (Lipinski definition) is 5. The van der Waals surface area contributed by atoms with Gasteiger partial charge in [0.05, 0.1) is 5.41 Å². The second-order valence-corrected chi connectivity index (χ2v) is 8.36. The first-order chi connectivity index (χ1) is 12.5. The highest BCUT2D eigenvalue weighted by Crippen LogP contribution is 2.33. The standard InChI is InChI=1S/C20H28N2O5/c1-19(2,3)18(26)27-14-7-5-6-11-20(4,12-10-14)17(25)21-13-22-15(23)8-9-16(22)24/h5,7-9,14H,6,10-13H2,1-4H3,(H,21,25)/b7-5+/t14-,20+/m0/s1. The fourth-order valence-corrected chi connectivity index (χ4v) is 2.92. The first kappa shape index (κ1) is 20.9. The molecular weight excluding hydrogens is 348 g/mol. The fraction of sp³-hybridized carbons (Fsp3) is 0.600. The number of imide groups is 1. The van der Waals surface area contributed by atoms with Crippen molar-refractivity contribution in [1.82, 2.24) is 10.2 Å². The third-order valence-corrected chi connectivity index (χ3v) is 4.91. The van der Waals surface area contributed by atoms with Crippen molar-refractivity contribution < 1.29 is 23.9 Å². The highest BCUT2D eigenvalue weighted by atomic mass is 16.5. The number of rotatable bonds is 4. The van der Waals surface area contributed by atoms with E-state index in [0.29, 0.717) is 25.7 Å². The zero-order valence-electron chi connectivity index (χ0n) is 16.4. The molecule has 27 heavy (non-hydrogen) atoms. The maximum Gasteiger partial charge on any atom is 0.311 e. The molecule has 2 atom stereocenters. The highest BCUT2D eigenvalue weighted by Gasteiger charge is 2.36. The van der Waals surface area contributed by atoms with Crippen molar-refractivity contribution in [3.8, 4) is 0 Å². The number of amides is 3. The molecule has 1 heterocycles. The summed E-state index contributed by atoms with van der Waals surface area (Å²) in [6.07, 6.45) is 8.20. The molecule has 0 fully saturated rings. The number of ether oxygens (including phenoxy) is 1. The lowest BCUT2D eigenvalue weighted by Gasteiger charge is -2.32. The van der Waals surface area contributed by atoms with Crippen LogP contribution in [0, 0.1) is 10.8 Å². The summed E-state index contributed by atoms with van der Waals surface area (Å²) in [5.41, 5.74) is -1.25. The van der Waals surface area contributed by atoms with Crippen LogP contribution >= 0.6 is 0 Å². The monoisotopic (exact) mass is 376 g/mol. The molecule has 1 N–H and O–H groups in total. The fourth-order valence-electron chi connectivity index (χ4n) is 2.92. The molecule has 2 aliphatic rings. The molecule has 0 bridgehead atoms. The molecule has 7 nitrogen and oxygen atoms in total. The van der Waals surface area contributed by atoms with Crippen LogP contribution in [0.3, 0.4) is 0 Å². The predicted octanol–water partition coefficient (Wildman–Crippen LogP) is 2.08. The van der Waals surface area contributed by atoms with E-state index in [-0.39, 0.29) is 24.6 Å². The Bertz CT molecular complexity index is 671. The number of allylic oxidation sites excluding steroid dienone is 1. The highest BCUT2D eigenvalue weighted by molar-refractivity contribution is 6.13. The van der Waals surface area contributed by atoms with E-state index >= 15 is 0 Å². The van der Waals surface area contributed by atoms with Crippen LogP contribution in [0.5, 0.6) is 0 Å². The third-order valence-electron chi connectivity index (χ3n) is 4.91. The second kappa shape index (κ2) is 8.06. The molecule has 148 valence electrons. The summed E-state index contributed by atoms with van der Waals surface area (Å²) in [6, 6.07) is 0. The maximum absolute atomic E-state index is 12.7. The molecular formula is C20H28N2O5. The van der Waals surface area contributed by atoms with Gasteiger partial charge >= 0.3 is 5.97 Å². The topological polar surface area (TPSA) is 92.8 Å². The van der Waals surface area contributed by atoms with Crippen LogP contribution in [0.15, 0.2) is 24.3 Å². The Morgan fingerprint density at radius 3 is 2.44 bits per heavy atom. The summed E-state index contributed by atoms with van der Waals surface area (Å²) in [6.45, 7) is 7.12. The number of nitrogens with one attached hydrogen (secondary N) is 1. The Labute approximate surface area is 159 Å². The Kier molecular flexibility index (Phi) is 6.23. The molecule has 0 saturated heterocycles. The summed E-state index contributed by atoms with van der Waals surface area (Å²) < 4.78 is 5.57. The van der Waals surface area contributed by atoms with Crippen molar-refractivity contribution >= 4 is 23.7 Å². The molecule has 3 amide bonds. The van der Waals surface area contributed by atoms with Crippen LogP contribution in [0.4, 0.5) is 0 Å². The van der Waals surface area contributed by atoms with E-state index in [1.165, 1.54) is 12.2 Å². The molecule has 0 saturated carbocycles. The van der Waals surface area contributed by atoms with E-state index in [1.54, 1.807) is 20.8 Å². The van der Waals surface area contributed by atoms with Gasteiger partial charge in [0, 0.05) is 17.6 Å². The van der Waals surface area contributed by atoms with E-state index in [0.717, 1.165) is 4.90 Å². The van der Waals surface area contributed by atoms with Crippen LogP contribution in [0.25, 0.3) is 0 Å². The van der Waals surface area contributed by atoms with Gasteiger partial charge in [-0.05, 0) is 52.5 Å². The van der Waals surface area contributed by atoms with E-state index < -0.39 is 22.6 Å². The van der Waals surface area contributed by atoms with Crippen LogP contribution in [-0.4, -0.2) is 41.4 Å². The molecule has 0 aromatic carbocycles. The van der Waals surface area contributed by atoms with E-state index in [1.807, 2.05) is 19.1 Å². The van der Waals surface area contributed by atoms with Crippen molar-refractivity contribution in [2.24, 2.45) is 10.8 Å². The number of hydrogen-bond donors (Lipinski definition) is 1. The average molecular weight is 376 g/mol. The van der Waals surface area contributed by atoms with Gasteiger partial charge in [0.1, 0.15) is 12.8 Å². The van der Waals surface area contributed by atoms with Gasteiger partial charge in [-0.25, -0.2) is 0 Å². The van der Waals surface area contributed by atoms with Gasteiger partial charge in [-0.1, -0.05) is 13.0 Å². The van der Waals surface area contributed by atoms with Gasteiger partial charge in [-0.15, -0.1) is 0 Å². The van der Waals surface area contributed by atoms with Crippen LogP contribution in [0.1, 0.15) is 53.4 Å². The molecule has 0 radical (unpaired) electrons. The van der Waals surface area contributed by atoms with Crippen molar-refractivity contribution in [3.63, 3.8) is 0 Å². The Morgan fingerprint density at radius 2 is 1.85 bits per heavy atom. The lowest BCUT2D eigenvalue weighted by Crippen LogP contribution is -2.46. The summed E-state index contributed by atoms with van der Waals surface area (Å²) in [4.78, 5) is 49.0. The lowest BCUT2D eigenvalue weighted by atomic mass is 9.78. The second-order valence-electron chi connectivity index (χ2n) is 8.36. The Balaban J connectivity index is 1.95. The number of carbonyl (C=O) groups is 4. The lowest BCUT2D eigenvalue weighted by molar-refractivity contribution is -0.157. The molecule has 2 rings (SSSR count). The zero-order chi connectivity index (χ0) is 20.2. The average Bonchev–Trinajstić information content (AvgIpc) is 2.89. The van der Waals surface area contributed by atoms with Crippen LogP contribution in [-0.2, 0) is 23.9 Å². The van der Waals surface area contributed by atoms with Crippen molar-refractivity contribution in [2.75, 3.05) is 6.67 Å². The summed E-state index contributed by atoms with van der Waals surface area (Å²) in [7, 11) is 0. The minimum absolute atomic E-state index is 0.142. The van der Waals surface area contributed by atoms with Crippen LogP contribution < -0.4 is 5.32 Å². The quantitative estimate of drug-likeness (QED) is 0.461. The van der Waals surface area contributed by atoms with Gasteiger partial charge in [0.2, 0.25) is 5.91 Å². The molecule has 0 aromatic rings. The molecule has 0 spiro atoms. The number of nitrogens with zero attached hydrogens (tertiary/aromatic N) is 1.